The monoisotopic (exact) mass is 368 g/mol. The Morgan fingerprint density at radius 1 is 1.25 bits per heavy atom. The SMILES string of the molecule is COCCN(Cc1nc(C(=O)OC)cs1)C(=O)c1ccc(Cl)cc1. The van der Waals surface area contributed by atoms with Crippen LogP contribution in [0.4, 0.5) is 0 Å². The molecule has 0 aliphatic carbocycles. The third-order valence-electron chi connectivity index (χ3n) is 3.22. The summed E-state index contributed by atoms with van der Waals surface area (Å²) in [5.41, 5.74) is 0.767. The van der Waals surface area contributed by atoms with Gasteiger partial charge in [0, 0.05) is 29.6 Å². The molecule has 1 aromatic heterocycles. The van der Waals surface area contributed by atoms with Crippen LogP contribution >= 0.6 is 22.9 Å². The molecule has 24 heavy (non-hydrogen) atoms. The number of hydrogen-bond acceptors (Lipinski definition) is 6. The highest BCUT2D eigenvalue weighted by Crippen LogP contribution is 2.16. The van der Waals surface area contributed by atoms with Crippen molar-refractivity contribution in [2.45, 2.75) is 6.54 Å². The van der Waals surface area contributed by atoms with Gasteiger partial charge in [-0.1, -0.05) is 11.6 Å². The van der Waals surface area contributed by atoms with E-state index in [-0.39, 0.29) is 18.1 Å². The van der Waals surface area contributed by atoms with Crippen molar-refractivity contribution in [3.8, 4) is 0 Å². The first-order chi connectivity index (χ1) is 11.5. The Hall–Kier alpha value is -1.96. The topological polar surface area (TPSA) is 68.7 Å². The van der Waals surface area contributed by atoms with Crippen LogP contribution in [0.1, 0.15) is 25.9 Å². The first-order valence-corrected chi connectivity index (χ1v) is 8.37. The zero-order valence-corrected chi connectivity index (χ0v) is 14.9. The number of methoxy groups -OCH3 is 2. The van der Waals surface area contributed by atoms with Gasteiger partial charge in [-0.3, -0.25) is 4.79 Å². The molecule has 6 nitrogen and oxygen atoms in total. The summed E-state index contributed by atoms with van der Waals surface area (Å²) in [6.45, 7) is 1.09. The Kier molecular flexibility index (Phi) is 6.72. The van der Waals surface area contributed by atoms with E-state index in [9.17, 15) is 9.59 Å². The predicted molar refractivity (Wildman–Crippen MR) is 91.5 cm³/mol. The van der Waals surface area contributed by atoms with E-state index < -0.39 is 5.97 Å². The number of halogens is 1. The molecule has 8 heteroatoms. The van der Waals surface area contributed by atoms with Crippen molar-refractivity contribution in [2.24, 2.45) is 0 Å². The molecule has 0 aliphatic heterocycles. The molecular formula is C16H17ClN2O4S. The van der Waals surface area contributed by atoms with Crippen LogP contribution in [0.15, 0.2) is 29.6 Å². The van der Waals surface area contributed by atoms with Gasteiger partial charge in [-0.05, 0) is 24.3 Å². The standard InChI is InChI=1S/C16H17ClN2O4S/c1-22-8-7-19(15(20)11-3-5-12(17)6-4-11)9-14-18-13(10-24-14)16(21)23-2/h3-6,10H,7-9H2,1-2H3. The van der Waals surface area contributed by atoms with Gasteiger partial charge >= 0.3 is 5.97 Å². The van der Waals surface area contributed by atoms with Crippen LogP contribution in [0.5, 0.6) is 0 Å². The molecule has 2 aromatic rings. The molecule has 0 unspecified atom stereocenters. The number of ether oxygens (including phenoxy) is 2. The number of benzene rings is 1. The van der Waals surface area contributed by atoms with Crippen LogP contribution in [0.2, 0.25) is 5.02 Å². The van der Waals surface area contributed by atoms with E-state index in [1.807, 2.05) is 0 Å². The van der Waals surface area contributed by atoms with Crippen LogP contribution < -0.4 is 0 Å². The largest absolute Gasteiger partial charge is 0.464 e. The van der Waals surface area contributed by atoms with Crippen LogP contribution in [0.3, 0.4) is 0 Å². The van der Waals surface area contributed by atoms with Crippen molar-refractivity contribution in [3.63, 3.8) is 0 Å². The fourth-order valence-corrected chi connectivity index (χ4v) is 2.88. The van der Waals surface area contributed by atoms with Gasteiger partial charge in [0.1, 0.15) is 5.01 Å². The molecule has 0 atom stereocenters. The second-order valence-corrected chi connectivity index (χ2v) is 6.22. The number of carbonyl (C=O) groups excluding carboxylic acids is 2. The lowest BCUT2D eigenvalue weighted by Crippen LogP contribution is -2.33. The number of hydrogen-bond donors (Lipinski definition) is 0. The van der Waals surface area contributed by atoms with Gasteiger partial charge in [-0.15, -0.1) is 11.3 Å². The molecule has 0 bridgehead atoms. The minimum Gasteiger partial charge on any atom is -0.464 e. The highest BCUT2D eigenvalue weighted by atomic mass is 35.5. The molecular weight excluding hydrogens is 352 g/mol. The van der Waals surface area contributed by atoms with E-state index in [0.717, 1.165) is 0 Å². The molecule has 1 heterocycles. The third-order valence-corrected chi connectivity index (χ3v) is 4.30. The summed E-state index contributed by atoms with van der Waals surface area (Å²) >= 11 is 7.16. The van der Waals surface area contributed by atoms with Crippen LogP contribution in [-0.2, 0) is 16.0 Å². The van der Waals surface area contributed by atoms with Gasteiger partial charge in [0.2, 0.25) is 0 Å². The van der Waals surface area contributed by atoms with E-state index in [0.29, 0.717) is 28.7 Å². The molecule has 128 valence electrons. The minimum absolute atomic E-state index is 0.154. The molecule has 0 saturated heterocycles. The number of carbonyl (C=O) groups is 2. The van der Waals surface area contributed by atoms with E-state index in [4.69, 9.17) is 16.3 Å². The minimum atomic E-state index is -0.495. The number of esters is 1. The van der Waals surface area contributed by atoms with Crippen LogP contribution in [-0.4, -0.2) is 49.1 Å². The summed E-state index contributed by atoms with van der Waals surface area (Å²) in [5, 5.41) is 2.83. The molecule has 0 saturated carbocycles. The summed E-state index contributed by atoms with van der Waals surface area (Å²) in [4.78, 5) is 30.0. The van der Waals surface area contributed by atoms with Gasteiger partial charge in [0.15, 0.2) is 5.69 Å². The highest BCUT2D eigenvalue weighted by molar-refractivity contribution is 7.09. The summed E-state index contributed by atoms with van der Waals surface area (Å²) < 4.78 is 9.71. The average molecular weight is 369 g/mol. The lowest BCUT2D eigenvalue weighted by Gasteiger charge is -2.21. The quantitative estimate of drug-likeness (QED) is 0.703. The molecule has 0 fully saturated rings. The maximum Gasteiger partial charge on any atom is 0.357 e. The van der Waals surface area contributed by atoms with Crippen molar-refractivity contribution in [2.75, 3.05) is 27.4 Å². The van der Waals surface area contributed by atoms with E-state index >= 15 is 0 Å². The average Bonchev–Trinajstić information content (AvgIpc) is 3.06. The van der Waals surface area contributed by atoms with Gasteiger partial charge in [-0.25, -0.2) is 9.78 Å². The summed E-state index contributed by atoms with van der Waals surface area (Å²) in [6, 6.07) is 6.68. The number of rotatable bonds is 7. The Bertz CT molecular complexity index is 702. The maximum absolute atomic E-state index is 12.7. The number of thiazole rings is 1. The zero-order valence-electron chi connectivity index (χ0n) is 13.3. The molecule has 0 radical (unpaired) electrons. The first kappa shape index (κ1) is 18.4. The van der Waals surface area contributed by atoms with Crippen molar-refractivity contribution >= 4 is 34.8 Å². The predicted octanol–water partition coefficient (Wildman–Crippen LogP) is 2.87. The van der Waals surface area contributed by atoms with Crippen LogP contribution in [0.25, 0.3) is 0 Å². The summed E-state index contributed by atoms with van der Waals surface area (Å²) in [7, 11) is 2.88. The van der Waals surface area contributed by atoms with Gasteiger partial charge in [0.25, 0.3) is 5.91 Å². The normalized spacial score (nSPS) is 10.5. The van der Waals surface area contributed by atoms with Gasteiger partial charge < -0.3 is 14.4 Å². The van der Waals surface area contributed by atoms with Gasteiger partial charge in [0.05, 0.1) is 20.3 Å². The zero-order chi connectivity index (χ0) is 17.5. The lowest BCUT2D eigenvalue weighted by atomic mass is 10.2. The van der Waals surface area contributed by atoms with E-state index in [1.54, 1.807) is 41.7 Å². The number of amides is 1. The molecule has 1 aromatic carbocycles. The molecule has 0 aliphatic rings. The molecule has 1 amide bonds. The number of nitrogens with zero attached hydrogens (tertiary/aromatic N) is 2. The van der Waals surface area contributed by atoms with Crippen molar-refractivity contribution in [1.29, 1.82) is 0 Å². The Morgan fingerprint density at radius 3 is 2.58 bits per heavy atom. The fourth-order valence-electron chi connectivity index (χ4n) is 1.97. The molecule has 0 spiro atoms. The Labute approximate surface area is 149 Å². The Morgan fingerprint density at radius 2 is 1.96 bits per heavy atom. The van der Waals surface area contributed by atoms with Gasteiger partial charge in [-0.2, -0.15) is 0 Å². The van der Waals surface area contributed by atoms with Crippen molar-refractivity contribution in [1.82, 2.24) is 9.88 Å². The van der Waals surface area contributed by atoms with Crippen molar-refractivity contribution in [3.05, 3.63) is 50.9 Å². The second-order valence-electron chi connectivity index (χ2n) is 4.84. The maximum atomic E-state index is 12.7. The molecule has 2 rings (SSSR count). The van der Waals surface area contributed by atoms with Crippen LogP contribution in [0, 0.1) is 0 Å². The third kappa shape index (κ3) is 4.77. The highest BCUT2D eigenvalue weighted by Gasteiger charge is 2.19. The lowest BCUT2D eigenvalue weighted by molar-refractivity contribution is 0.0594. The smallest absolute Gasteiger partial charge is 0.357 e. The van der Waals surface area contributed by atoms with E-state index in [1.165, 1.54) is 18.4 Å². The number of aromatic nitrogens is 1. The summed E-state index contributed by atoms with van der Waals surface area (Å²) in [6.07, 6.45) is 0. The second kappa shape index (κ2) is 8.77. The summed E-state index contributed by atoms with van der Waals surface area (Å²) in [5.74, 6) is -0.650. The fraction of sp³-hybridized carbons (Fsp3) is 0.312. The Balaban J connectivity index is 2.15. The molecule has 0 N–H and O–H groups in total. The first-order valence-electron chi connectivity index (χ1n) is 7.11. The van der Waals surface area contributed by atoms with Crippen molar-refractivity contribution < 1.29 is 19.1 Å². The van der Waals surface area contributed by atoms with E-state index in [2.05, 4.69) is 9.72 Å².